The highest BCUT2D eigenvalue weighted by atomic mass is 32.1. The van der Waals surface area contributed by atoms with Crippen LogP contribution in [0.1, 0.15) is 9.75 Å². The lowest BCUT2D eigenvalue weighted by molar-refractivity contribution is -0.119. The van der Waals surface area contributed by atoms with Crippen LogP contribution in [0.25, 0.3) is 0 Å². The summed E-state index contributed by atoms with van der Waals surface area (Å²) in [5.74, 6) is 0.555. The van der Waals surface area contributed by atoms with Crippen molar-refractivity contribution in [2.45, 2.75) is 13.5 Å². The van der Waals surface area contributed by atoms with E-state index < -0.39 is 0 Å². The first-order valence-electron chi connectivity index (χ1n) is 5.36. The van der Waals surface area contributed by atoms with E-state index in [-0.39, 0.29) is 12.5 Å². The van der Waals surface area contributed by atoms with Gasteiger partial charge in [0.25, 0.3) is 0 Å². The van der Waals surface area contributed by atoms with Crippen molar-refractivity contribution in [2.75, 3.05) is 20.6 Å². The van der Waals surface area contributed by atoms with Gasteiger partial charge >= 0.3 is 0 Å². The smallest absolute Gasteiger partial charge is 0.239 e. The Kier molecular flexibility index (Phi) is 5.48. The number of likely N-dealkylation sites (N-methyl/N-ethyl adjacent to an activating group) is 1. The first-order chi connectivity index (χ1) is 8.15. The summed E-state index contributed by atoms with van der Waals surface area (Å²) in [6.07, 6.45) is 0. The fourth-order valence-electron chi connectivity index (χ4n) is 1.22. The molecule has 94 valence electrons. The number of nitrogens with one attached hydrogen (secondary N) is 3. The maximum absolute atomic E-state index is 11.1. The molecule has 0 spiro atoms. The summed E-state index contributed by atoms with van der Waals surface area (Å²) < 4.78 is 0. The van der Waals surface area contributed by atoms with E-state index in [9.17, 15) is 4.79 Å². The minimum atomic E-state index is -0.0695. The third-order valence-corrected chi connectivity index (χ3v) is 3.15. The lowest BCUT2D eigenvalue weighted by Gasteiger charge is -2.10. The number of thiophene rings is 1. The Morgan fingerprint density at radius 2 is 2.18 bits per heavy atom. The van der Waals surface area contributed by atoms with Gasteiger partial charge in [-0.25, -0.2) is 0 Å². The summed E-state index contributed by atoms with van der Waals surface area (Å²) in [5.41, 5.74) is 0. The molecule has 1 heterocycles. The van der Waals surface area contributed by atoms with E-state index in [0.717, 1.165) is 0 Å². The second kappa shape index (κ2) is 6.90. The maximum atomic E-state index is 11.1. The number of aliphatic imine (C=N–C) groups is 1. The molecule has 0 aromatic carbocycles. The number of hydrogen-bond donors (Lipinski definition) is 3. The van der Waals surface area contributed by atoms with Crippen molar-refractivity contribution < 1.29 is 4.79 Å². The number of nitrogens with zero attached hydrogens (tertiary/aromatic N) is 1. The van der Waals surface area contributed by atoms with Crippen molar-refractivity contribution in [3.63, 3.8) is 0 Å². The van der Waals surface area contributed by atoms with Crippen LogP contribution in [-0.2, 0) is 11.3 Å². The quantitative estimate of drug-likeness (QED) is 0.540. The average Bonchev–Trinajstić information content (AvgIpc) is 2.75. The van der Waals surface area contributed by atoms with Crippen molar-refractivity contribution in [3.8, 4) is 0 Å². The number of hydrogen-bond acceptors (Lipinski definition) is 3. The molecule has 17 heavy (non-hydrogen) atoms. The molecule has 3 N–H and O–H groups in total. The predicted molar refractivity (Wildman–Crippen MR) is 71.3 cm³/mol. The lowest BCUT2D eigenvalue weighted by atomic mass is 10.4. The largest absolute Gasteiger partial charge is 0.358 e. The first-order valence-corrected chi connectivity index (χ1v) is 6.17. The topological polar surface area (TPSA) is 65.5 Å². The molecule has 0 aliphatic rings. The van der Waals surface area contributed by atoms with Crippen molar-refractivity contribution in [2.24, 2.45) is 4.99 Å². The van der Waals surface area contributed by atoms with Crippen LogP contribution in [0.5, 0.6) is 0 Å². The maximum Gasteiger partial charge on any atom is 0.239 e. The summed E-state index contributed by atoms with van der Waals surface area (Å²) in [6, 6.07) is 4.17. The van der Waals surface area contributed by atoms with Crippen LogP contribution < -0.4 is 16.0 Å². The van der Waals surface area contributed by atoms with Crippen molar-refractivity contribution >= 4 is 23.2 Å². The monoisotopic (exact) mass is 254 g/mol. The number of rotatable bonds is 4. The van der Waals surface area contributed by atoms with Gasteiger partial charge in [0.05, 0.1) is 13.1 Å². The van der Waals surface area contributed by atoms with Gasteiger partial charge < -0.3 is 16.0 Å². The van der Waals surface area contributed by atoms with E-state index in [2.05, 4.69) is 40.0 Å². The molecule has 0 saturated heterocycles. The van der Waals surface area contributed by atoms with Crippen molar-refractivity contribution in [1.29, 1.82) is 0 Å². The fraction of sp³-hybridized carbons (Fsp3) is 0.455. The van der Waals surface area contributed by atoms with Gasteiger partial charge in [0.15, 0.2) is 5.96 Å². The molecular formula is C11H18N4OS. The minimum absolute atomic E-state index is 0.0695. The third kappa shape index (κ3) is 4.86. The molecular weight excluding hydrogens is 236 g/mol. The van der Waals surface area contributed by atoms with Gasteiger partial charge in [-0.2, -0.15) is 0 Å². The van der Waals surface area contributed by atoms with Gasteiger partial charge in [0.1, 0.15) is 0 Å². The van der Waals surface area contributed by atoms with Gasteiger partial charge in [-0.15, -0.1) is 11.3 Å². The number of amides is 1. The van der Waals surface area contributed by atoms with E-state index in [0.29, 0.717) is 12.5 Å². The van der Waals surface area contributed by atoms with Gasteiger partial charge in [0, 0.05) is 23.8 Å². The molecule has 0 radical (unpaired) electrons. The molecule has 6 heteroatoms. The molecule has 1 rings (SSSR count). The Bertz CT molecular complexity index is 400. The number of carbonyl (C=O) groups is 1. The molecule has 0 saturated carbocycles. The Labute approximate surface area is 105 Å². The fourth-order valence-corrected chi connectivity index (χ4v) is 2.05. The lowest BCUT2D eigenvalue weighted by Crippen LogP contribution is -2.42. The van der Waals surface area contributed by atoms with E-state index in [4.69, 9.17) is 0 Å². The summed E-state index contributed by atoms with van der Waals surface area (Å²) in [6.45, 7) is 3.01. The molecule has 0 unspecified atom stereocenters. The van der Waals surface area contributed by atoms with Gasteiger partial charge in [-0.1, -0.05) is 0 Å². The van der Waals surface area contributed by atoms with Crippen LogP contribution in [-0.4, -0.2) is 32.5 Å². The van der Waals surface area contributed by atoms with E-state index >= 15 is 0 Å². The minimum Gasteiger partial charge on any atom is -0.358 e. The molecule has 0 atom stereocenters. The summed E-state index contributed by atoms with van der Waals surface area (Å²) in [4.78, 5) is 17.6. The SMILES string of the molecule is CN=C(NCC(=O)NC)NCc1ccc(C)s1. The first kappa shape index (κ1) is 13.5. The molecule has 0 bridgehead atoms. The van der Waals surface area contributed by atoms with Crippen LogP contribution in [0.2, 0.25) is 0 Å². The van der Waals surface area contributed by atoms with Gasteiger partial charge in [-0.3, -0.25) is 9.79 Å². The van der Waals surface area contributed by atoms with Crippen molar-refractivity contribution in [3.05, 3.63) is 21.9 Å². The van der Waals surface area contributed by atoms with Gasteiger partial charge in [-0.05, 0) is 19.1 Å². The van der Waals surface area contributed by atoms with Crippen LogP contribution in [0.15, 0.2) is 17.1 Å². The molecule has 5 nitrogen and oxygen atoms in total. The number of carbonyl (C=O) groups excluding carboxylic acids is 1. The van der Waals surface area contributed by atoms with E-state index in [1.807, 2.05) is 0 Å². The molecule has 0 aliphatic heterocycles. The molecule has 0 aliphatic carbocycles. The predicted octanol–water partition coefficient (Wildman–Crippen LogP) is 0.468. The highest BCUT2D eigenvalue weighted by molar-refractivity contribution is 7.11. The van der Waals surface area contributed by atoms with Crippen LogP contribution in [0.3, 0.4) is 0 Å². The third-order valence-electron chi connectivity index (χ3n) is 2.14. The Morgan fingerprint density at radius 1 is 1.41 bits per heavy atom. The van der Waals surface area contributed by atoms with Crippen LogP contribution in [0, 0.1) is 6.92 Å². The van der Waals surface area contributed by atoms with Crippen molar-refractivity contribution in [1.82, 2.24) is 16.0 Å². The van der Waals surface area contributed by atoms with Gasteiger partial charge in [0.2, 0.25) is 5.91 Å². The summed E-state index contributed by atoms with van der Waals surface area (Å²) >= 11 is 1.74. The zero-order chi connectivity index (χ0) is 12.7. The second-order valence-electron chi connectivity index (χ2n) is 3.46. The summed E-state index contributed by atoms with van der Waals surface area (Å²) in [5, 5.41) is 8.62. The Balaban J connectivity index is 2.35. The number of guanidine groups is 1. The zero-order valence-electron chi connectivity index (χ0n) is 10.3. The Hall–Kier alpha value is -1.56. The summed E-state index contributed by atoms with van der Waals surface area (Å²) in [7, 11) is 3.29. The van der Waals surface area contributed by atoms with Crippen LogP contribution >= 0.6 is 11.3 Å². The number of aryl methyl sites for hydroxylation is 1. The zero-order valence-corrected chi connectivity index (χ0v) is 11.1. The highest BCUT2D eigenvalue weighted by Crippen LogP contribution is 2.14. The standard InChI is InChI=1S/C11H18N4OS/c1-8-4-5-9(17-8)6-14-11(13-3)15-7-10(16)12-2/h4-5H,6-7H2,1-3H3,(H,12,16)(H2,13,14,15). The Morgan fingerprint density at radius 3 is 2.71 bits per heavy atom. The van der Waals surface area contributed by atoms with E-state index in [1.54, 1.807) is 25.4 Å². The molecule has 0 fully saturated rings. The molecule has 1 amide bonds. The molecule has 1 aromatic heterocycles. The average molecular weight is 254 g/mol. The normalized spacial score (nSPS) is 11.1. The second-order valence-corrected chi connectivity index (χ2v) is 4.84. The van der Waals surface area contributed by atoms with E-state index in [1.165, 1.54) is 9.75 Å². The van der Waals surface area contributed by atoms with Crippen LogP contribution in [0.4, 0.5) is 0 Å². The highest BCUT2D eigenvalue weighted by Gasteiger charge is 2.02. The molecule has 1 aromatic rings.